The van der Waals surface area contributed by atoms with E-state index in [1.807, 2.05) is 0 Å². The molecule has 0 aliphatic carbocycles. The third kappa shape index (κ3) is 2.60. The molecule has 1 rings (SSSR count). The fraction of sp³-hybridized carbons (Fsp3) is 0.444. The third-order valence-corrected chi connectivity index (χ3v) is 2.19. The Morgan fingerprint density at radius 3 is 2.50 bits per heavy atom. The maximum atomic E-state index is 12.7. The normalized spacial score (nSPS) is 14.7. The molecule has 9 heteroatoms. The lowest BCUT2D eigenvalue weighted by Gasteiger charge is -2.28. The summed E-state index contributed by atoms with van der Waals surface area (Å²) >= 11 is 0. The largest absolute Gasteiger partial charge is 0.480 e. The molecule has 0 aliphatic rings. The molecule has 0 saturated heterocycles. The second kappa shape index (κ2) is 4.67. The Balaban J connectivity index is 3.08. The maximum absolute atomic E-state index is 12.7. The average molecular weight is 265 g/mol. The highest BCUT2D eigenvalue weighted by Crippen LogP contribution is 2.33. The van der Waals surface area contributed by atoms with Crippen molar-refractivity contribution in [2.45, 2.75) is 18.6 Å². The highest BCUT2D eigenvalue weighted by Gasteiger charge is 2.57. The minimum atomic E-state index is -5.00. The Morgan fingerprint density at radius 1 is 1.44 bits per heavy atom. The first-order valence-corrected chi connectivity index (χ1v) is 4.65. The average Bonchev–Trinajstić information content (AvgIpc) is 2.27. The number of rotatable bonds is 4. The standard InChI is InChI=1S/C9H10F3N3O3/c1-8(7(16)17,9(10,11)12)15-5-3-13-4-6(14-5)18-2/h3-4H,1-2H3,(H,14,15)(H,16,17). The van der Waals surface area contributed by atoms with E-state index in [-0.39, 0.29) is 11.7 Å². The fourth-order valence-corrected chi connectivity index (χ4v) is 1.01. The molecule has 18 heavy (non-hydrogen) atoms. The molecule has 1 unspecified atom stereocenters. The number of ether oxygens (including phenoxy) is 1. The minimum absolute atomic E-state index is 0.0325. The van der Waals surface area contributed by atoms with Gasteiger partial charge in [-0.2, -0.15) is 18.2 Å². The Hall–Kier alpha value is -2.06. The number of aromatic nitrogens is 2. The Labute approximate surface area is 99.8 Å². The van der Waals surface area contributed by atoms with E-state index in [9.17, 15) is 18.0 Å². The van der Waals surface area contributed by atoms with Gasteiger partial charge in [-0.1, -0.05) is 0 Å². The molecular weight excluding hydrogens is 255 g/mol. The second-order valence-corrected chi connectivity index (χ2v) is 3.50. The van der Waals surface area contributed by atoms with Gasteiger partial charge in [0.1, 0.15) is 5.82 Å². The Kier molecular flexibility index (Phi) is 3.63. The van der Waals surface area contributed by atoms with Crippen molar-refractivity contribution in [3.8, 4) is 5.88 Å². The molecular formula is C9H10F3N3O3. The quantitative estimate of drug-likeness (QED) is 0.853. The van der Waals surface area contributed by atoms with Crippen LogP contribution in [0.2, 0.25) is 0 Å². The summed E-state index contributed by atoms with van der Waals surface area (Å²) in [5.74, 6) is -2.45. The predicted molar refractivity (Wildman–Crippen MR) is 54.3 cm³/mol. The van der Waals surface area contributed by atoms with Crippen molar-refractivity contribution in [2.24, 2.45) is 0 Å². The summed E-state index contributed by atoms with van der Waals surface area (Å²) in [6.07, 6.45) is -2.85. The van der Waals surface area contributed by atoms with Gasteiger partial charge in [0.05, 0.1) is 19.5 Å². The summed E-state index contributed by atoms with van der Waals surface area (Å²) in [6, 6.07) is 0. The van der Waals surface area contributed by atoms with Gasteiger partial charge in [-0.05, 0) is 6.92 Å². The van der Waals surface area contributed by atoms with Crippen molar-refractivity contribution >= 4 is 11.8 Å². The topological polar surface area (TPSA) is 84.3 Å². The van der Waals surface area contributed by atoms with Crippen LogP contribution in [0.1, 0.15) is 6.92 Å². The van der Waals surface area contributed by atoms with Crippen LogP contribution in [-0.2, 0) is 4.79 Å². The third-order valence-electron chi connectivity index (χ3n) is 2.19. The van der Waals surface area contributed by atoms with Gasteiger partial charge >= 0.3 is 12.1 Å². The van der Waals surface area contributed by atoms with Gasteiger partial charge in [-0.15, -0.1) is 0 Å². The van der Waals surface area contributed by atoms with E-state index in [1.54, 1.807) is 5.32 Å². The maximum Gasteiger partial charge on any atom is 0.422 e. The van der Waals surface area contributed by atoms with E-state index in [1.165, 1.54) is 13.3 Å². The number of carbonyl (C=O) groups is 1. The van der Waals surface area contributed by atoms with Gasteiger partial charge in [0, 0.05) is 0 Å². The molecule has 0 radical (unpaired) electrons. The molecule has 1 aromatic rings. The number of aliphatic carboxylic acids is 1. The molecule has 0 fully saturated rings. The predicted octanol–water partition coefficient (Wildman–Crippen LogP) is 1.30. The van der Waals surface area contributed by atoms with Crippen molar-refractivity contribution in [1.29, 1.82) is 0 Å². The first kappa shape index (κ1) is 14.0. The number of carboxylic acid groups (broad SMARTS) is 1. The fourth-order valence-electron chi connectivity index (χ4n) is 1.01. The number of nitrogens with one attached hydrogen (secondary N) is 1. The smallest absolute Gasteiger partial charge is 0.422 e. The van der Waals surface area contributed by atoms with E-state index in [0.717, 1.165) is 6.20 Å². The lowest BCUT2D eigenvalue weighted by Crippen LogP contribution is -2.55. The van der Waals surface area contributed by atoms with Crippen molar-refractivity contribution in [2.75, 3.05) is 12.4 Å². The van der Waals surface area contributed by atoms with Crippen molar-refractivity contribution < 1.29 is 27.8 Å². The van der Waals surface area contributed by atoms with E-state index in [2.05, 4.69) is 14.7 Å². The molecule has 6 nitrogen and oxygen atoms in total. The molecule has 0 aromatic carbocycles. The van der Waals surface area contributed by atoms with Gasteiger partial charge in [-0.3, -0.25) is 4.98 Å². The number of anilines is 1. The van der Waals surface area contributed by atoms with Gasteiger partial charge in [0.25, 0.3) is 0 Å². The van der Waals surface area contributed by atoms with E-state index < -0.39 is 17.7 Å². The zero-order valence-electron chi connectivity index (χ0n) is 9.45. The summed E-state index contributed by atoms with van der Waals surface area (Å²) in [4.78, 5) is 17.9. The number of nitrogens with zero attached hydrogens (tertiary/aromatic N) is 2. The minimum Gasteiger partial charge on any atom is -0.480 e. The molecule has 0 bridgehead atoms. The number of halogens is 3. The van der Waals surface area contributed by atoms with E-state index in [4.69, 9.17) is 5.11 Å². The van der Waals surface area contributed by atoms with Gasteiger partial charge < -0.3 is 15.2 Å². The lowest BCUT2D eigenvalue weighted by molar-refractivity contribution is -0.192. The summed E-state index contributed by atoms with van der Waals surface area (Å²) in [6.45, 7) is 0.497. The van der Waals surface area contributed by atoms with Crippen LogP contribution in [0.4, 0.5) is 19.0 Å². The number of carboxylic acids is 1. The number of hydrogen-bond donors (Lipinski definition) is 2. The molecule has 0 spiro atoms. The van der Waals surface area contributed by atoms with Crippen LogP contribution in [0.3, 0.4) is 0 Å². The molecule has 1 atom stereocenters. The number of hydrogen-bond acceptors (Lipinski definition) is 5. The molecule has 100 valence electrons. The van der Waals surface area contributed by atoms with Crippen LogP contribution in [0.15, 0.2) is 12.4 Å². The van der Waals surface area contributed by atoms with Crippen LogP contribution < -0.4 is 10.1 Å². The Morgan fingerprint density at radius 2 is 2.06 bits per heavy atom. The van der Waals surface area contributed by atoms with Crippen LogP contribution in [0, 0.1) is 0 Å². The first-order valence-electron chi connectivity index (χ1n) is 4.65. The van der Waals surface area contributed by atoms with Crippen molar-refractivity contribution in [1.82, 2.24) is 9.97 Å². The lowest BCUT2D eigenvalue weighted by atomic mass is 10.0. The summed E-state index contributed by atoms with van der Waals surface area (Å²) in [7, 11) is 1.26. The molecule has 0 saturated carbocycles. The summed E-state index contributed by atoms with van der Waals surface area (Å²) in [5, 5.41) is 10.5. The van der Waals surface area contributed by atoms with Gasteiger partial charge in [-0.25, -0.2) is 4.79 Å². The van der Waals surface area contributed by atoms with E-state index in [0.29, 0.717) is 6.92 Å². The van der Waals surface area contributed by atoms with Gasteiger partial charge in [0.2, 0.25) is 11.4 Å². The molecule has 1 aromatic heterocycles. The first-order chi connectivity index (χ1) is 8.20. The zero-order valence-corrected chi connectivity index (χ0v) is 9.45. The van der Waals surface area contributed by atoms with E-state index >= 15 is 0 Å². The number of alkyl halides is 3. The highest BCUT2D eigenvalue weighted by atomic mass is 19.4. The van der Waals surface area contributed by atoms with Crippen molar-refractivity contribution in [3.05, 3.63) is 12.4 Å². The highest BCUT2D eigenvalue weighted by molar-refractivity contribution is 5.83. The monoisotopic (exact) mass is 265 g/mol. The SMILES string of the molecule is COc1cncc(NC(C)(C(=O)O)C(F)(F)F)n1. The number of methoxy groups -OCH3 is 1. The molecule has 0 amide bonds. The molecule has 1 heterocycles. The Bertz CT molecular complexity index is 452. The van der Waals surface area contributed by atoms with Crippen LogP contribution in [0.25, 0.3) is 0 Å². The second-order valence-electron chi connectivity index (χ2n) is 3.50. The summed E-state index contributed by atoms with van der Waals surface area (Å²) < 4.78 is 42.8. The van der Waals surface area contributed by atoms with Crippen LogP contribution in [-0.4, -0.2) is 39.9 Å². The van der Waals surface area contributed by atoms with Crippen LogP contribution >= 0.6 is 0 Å². The molecule has 0 aliphatic heterocycles. The van der Waals surface area contributed by atoms with Crippen LogP contribution in [0.5, 0.6) is 5.88 Å². The summed E-state index contributed by atoms with van der Waals surface area (Å²) in [5.41, 5.74) is -3.16. The van der Waals surface area contributed by atoms with Gasteiger partial charge in [0.15, 0.2) is 0 Å². The van der Waals surface area contributed by atoms with Crippen molar-refractivity contribution in [3.63, 3.8) is 0 Å². The molecule has 2 N–H and O–H groups in total. The zero-order chi connectivity index (χ0) is 14.0.